The molecular weight excluding hydrogens is 488 g/mol. The molecule has 2 heterocycles. The molecule has 1 aromatic carbocycles. The number of hydrogen-bond acceptors (Lipinski definition) is 6. The molecule has 1 unspecified atom stereocenters. The molecule has 1 aliphatic rings. The van der Waals surface area contributed by atoms with Crippen LogP contribution in [0, 0.1) is 6.92 Å². The van der Waals surface area contributed by atoms with E-state index >= 15 is 0 Å². The molecule has 35 heavy (non-hydrogen) atoms. The molecule has 3 rings (SSSR count). The minimum absolute atomic E-state index is 0.264. The van der Waals surface area contributed by atoms with E-state index in [-0.39, 0.29) is 11.3 Å². The zero-order valence-electron chi connectivity index (χ0n) is 18.4. The predicted molar refractivity (Wildman–Crippen MR) is 105 cm³/mol. The lowest BCUT2D eigenvalue weighted by atomic mass is 10.0. The number of imide groups is 1. The second-order valence-corrected chi connectivity index (χ2v) is 8.10. The molecular formula is C21H18F6N3O5+. The van der Waals surface area contributed by atoms with E-state index in [1.807, 2.05) is 0 Å². The highest BCUT2D eigenvalue weighted by atomic mass is 19.4. The van der Waals surface area contributed by atoms with E-state index in [0.29, 0.717) is 10.5 Å². The van der Waals surface area contributed by atoms with Crippen molar-refractivity contribution in [3.05, 3.63) is 53.9 Å². The summed E-state index contributed by atoms with van der Waals surface area (Å²) in [5, 5.41) is 0. The van der Waals surface area contributed by atoms with Crippen molar-refractivity contribution in [3.8, 4) is 5.75 Å². The number of aromatic nitrogens is 1. The Balaban J connectivity index is 2.11. The van der Waals surface area contributed by atoms with Crippen molar-refractivity contribution in [1.82, 2.24) is 4.98 Å². The largest absolute Gasteiger partial charge is 0.573 e. The van der Waals surface area contributed by atoms with Gasteiger partial charge in [0, 0.05) is 31.8 Å². The third kappa shape index (κ3) is 4.78. The minimum Gasteiger partial charge on any atom is -0.406 e. The van der Waals surface area contributed by atoms with Gasteiger partial charge in [0.25, 0.3) is 0 Å². The van der Waals surface area contributed by atoms with Gasteiger partial charge in [-0.15, -0.1) is 13.2 Å². The number of urea groups is 1. The van der Waals surface area contributed by atoms with Gasteiger partial charge in [-0.1, -0.05) is 0 Å². The van der Waals surface area contributed by atoms with Gasteiger partial charge in [-0.3, -0.25) is 14.6 Å². The molecule has 1 saturated heterocycles. The van der Waals surface area contributed by atoms with Gasteiger partial charge in [0.1, 0.15) is 5.75 Å². The Labute approximate surface area is 194 Å². The number of carbonyl (C=O) groups is 3. The number of pyridine rings is 1. The summed E-state index contributed by atoms with van der Waals surface area (Å²) in [6, 6.07) is 3.55. The zero-order valence-corrected chi connectivity index (χ0v) is 18.4. The SMILES string of the molecule is Cc1cnccc1C[N+]1(OC(=O)C(F)(F)F)C(=O)N(c2ccc(OC(F)(F)F)cc2)C(=O)C1(C)C. The maximum atomic E-state index is 13.6. The average molecular weight is 506 g/mol. The highest BCUT2D eigenvalue weighted by molar-refractivity contribution is 6.19. The number of benzene rings is 1. The highest BCUT2D eigenvalue weighted by Gasteiger charge is 2.71. The zero-order chi connectivity index (χ0) is 26.4. The summed E-state index contributed by atoms with van der Waals surface area (Å²) in [7, 11) is 0. The van der Waals surface area contributed by atoms with E-state index in [9.17, 15) is 40.7 Å². The van der Waals surface area contributed by atoms with Crippen LogP contribution < -0.4 is 9.64 Å². The van der Waals surface area contributed by atoms with Crippen LogP contribution in [-0.2, 0) is 21.0 Å². The molecule has 0 aliphatic carbocycles. The van der Waals surface area contributed by atoms with Crippen LogP contribution in [0.3, 0.4) is 0 Å². The number of carbonyl (C=O) groups excluding carboxylic acids is 3. The molecule has 0 spiro atoms. The molecule has 188 valence electrons. The third-order valence-electron chi connectivity index (χ3n) is 5.46. The van der Waals surface area contributed by atoms with Crippen molar-refractivity contribution in [3.63, 3.8) is 0 Å². The Kier molecular flexibility index (Phi) is 6.31. The molecule has 8 nitrogen and oxygen atoms in total. The molecule has 1 fully saturated rings. The Morgan fingerprint density at radius 1 is 1.06 bits per heavy atom. The second kappa shape index (κ2) is 8.52. The van der Waals surface area contributed by atoms with E-state index < -0.39 is 52.9 Å². The van der Waals surface area contributed by atoms with E-state index in [1.54, 1.807) is 6.92 Å². The fraction of sp³-hybridized carbons (Fsp3) is 0.333. The number of amides is 3. The quantitative estimate of drug-likeness (QED) is 0.336. The Hall–Kier alpha value is -3.68. The molecule has 0 saturated carbocycles. The van der Waals surface area contributed by atoms with Crippen LogP contribution in [0.5, 0.6) is 5.75 Å². The van der Waals surface area contributed by atoms with Crippen molar-refractivity contribution < 1.29 is 54.9 Å². The van der Waals surface area contributed by atoms with Crippen molar-refractivity contribution in [1.29, 1.82) is 0 Å². The number of alkyl halides is 6. The van der Waals surface area contributed by atoms with Gasteiger partial charge < -0.3 is 4.74 Å². The van der Waals surface area contributed by atoms with Crippen molar-refractivity contribution in [2.75, 3.05) is 4.90 Å². The Morgan fingerprint density at radius 2 is 1.66 bits per heavy atom. The topological polar surface area (TPSA) is 85.8 Å². The molecule has 1 atom stereocenters. The highest BCUT2D eigenvalue weighted by Crippen LogP contribution is 2.43. The number of ether oxygens (including phenoxy) is 1. The van der Waals surface area contributed by atoms with Crippen LogP contribution in [0.4, 0.5) is 36.8 Å². The molecule has 0 bridgehead atoms. The third-order valence-corrected chi connectivity index (χ3v) is 5.46. The van der Waals surface area contributed by atoms with E-state index in [4.69, 9.17) is 4.84 Å². The van der Waals surface area contributed by atoms with Crippen molar-refractivity contribution in [2.45, 2.75) is 45.4 Å². The number of rotatable bonds is 5. The first-order chi connectivity index (χ1) is 16.0. The molecule has 2 aromatic rings. The fourth-order valence-corrected chi connectivity index (χ4v) is 3.50. The molecule has 3 amide bonds. The van der Waals surface area contributed by atoms with Gasteiger partial charge in [0.2, 0.25) is 5.54 Å². The standard InChI is InChI=1S/C21H18F6N3O5/c1-12-10-28-9-8-13(12)11-30(35-17(32)20(22,23)24)18(33)29(16(31)19(30,2)3)14-4-6-15(7-5-14)34-21(25,26)27/h4-10H,11H2,1-3H3/q+1. The summed E-state index contributed by atoms with van der Waals surface area (Å²) in [5.41, 5.74) is -1.62. The van der Waals surface area contributed by atoms with E-state index in [1.165, 1.54) is 18.5 Å². The summed E-state index contributed by atoms with van der Waals surface area (Å²) in [6.45, 7) is 3.14. The van der Waals surface area contributed by atoms with Gasteiger partial charge in [0.05, 0.1) is 5.69 Å². The van der Waals surface area contributed by atoms with Crippen LogP contribution in [0.15, 0.2) is 42.7 Å². The Bertz CT molecular complexity index is 1160. The smallest absolute Gasteiger partial charge is 0.406 e. The van der Waals surface area contributed by atoms with Gasteiger partial charge in [-0.05, 0) is 47.5 Å². The van der Waals surface area contributed by atoms with Gasteiger partial charge in [0.15, 0.2) is 6.54 Å². The van der Waals surface area contributed by atoms with Gasteiger partial charge in [-0.25, -0.2) is 9.59 Å². The summed E-state index contributed by atoms with van der Waals surface area (Å²) in [4.78, 5) is 47.7. The van der Waals surface area contributed by atoms with Gasteiger partial charge in [-0.2, -0.15) is 18.1 Å². The number of hydrogen-bond donors (Lipinski definition) is 0. The monoisotopic (exact) mass is 506 g/mol. The molecule has 14 heteroatoms. The number of halogens is 6. The lowest BCUT2D eigenvalue weighted by molar-refractivity contribution is -1.06. The van der Waals surface area contributed by atoms with Crippen LogP contribution in [0.1, 0.15) is 25.0 Å². The number of hydroxylamine groups is 3. The number of aryl methyl sites for hydroxylation is 1. The molecule has 0 radical (unpaired) electrons. The normalized spacial score (nSPS) is 20.2. The molecule has 1 aliphatic heterocycles. The number of anilines is 1. The maximum absolute atomic E-state index is 13.6. The lowest BCUT2D eigenvalue weighted by Gasteiger charge is -2.35. The second-order valence-electron chi connectivity index (χ2n) is 8.10. The Morgan fingerprint density at radius 3 is 2.17 bits per heavy atom. The van der Waals surface area contributed by atoms with Crippen LogP contribution in [-0.4, -0.2) is 45.6 Å². The predicted octanol–water partition coefficient (Wildman–Crippen LogP) is 4.57. The van der Waals surface area contributed by atoms with Crippen LogP contribution >= 0.6 is 0 Å². The summed E-state index contributed by atoms with van der Waals surface area (Å²) >= 11 is 0. The van der Waals surface area contributed by atoms with Crippen LogP contribution in [0.25, 0.3) is 0 Å². The number of nitrogens with zero attached hydrogens (tertiary/aromatic N) is 3. The molecule has 0 N–H and O–H groups in total. The van der Waals surface area contributed by atoms with Crippen LogP contribution in [0.2, 0.25) is 0 Å². The van der Waals surface area contributed by atoms with E-state index in [0.717, 1.165) is 38.1 Å². The lowest BCUT2D eigenvalue weighted by Crippen LogP contribution is -2.62. The van der Waals surface area contributed by atoms with Crippen molar-refractivity contribution in [2.24, 2.45) is 0 Å². The first kappa shape index (κ1) is 25.9. The summed E-state index contributed by atoms with van der Waals surface area (Å²) < 4.78 is 78.8. The summed E-state index contributed by atoms with van der Waals surface area (Å²) in [5.74, 6) is -4.40. The van der Waals surface area contributed by atoms with E-state index in [2.05, 4.69) is 9.72 Å². The maximum Gasteiger partial charge on any atom is 0.573 e. The first-order valence-electron chi connectivity index (χ1n) is 9.83. The fourth-order valence-electron chi connectivity index (χ4n) is 3.50. The molecule has 1 aromatic heterocycles. The summed E-state index contributed by atoms with van der Waals surface area (Å²) in [6.07, 6.45) is -7.81. The van der Waals surface area contributed by atoms with Gasteiger partial charge >= 0.3 is 30.4 Å². The minimum atomic E-state index is -5.48. The first-order valence-corrected chi connectivity index (χ1v) is 9.83. The number of quaternary nitrogens is 1. The van der Waals surface area contributed by atoms with Crippen molar-refractivity contribution >= 4 is 23.6 Å². The average Bonchev–Trinajstić information content (AvgIpc) is 2.86.